The van der Waals surface area contributed by atoms with Gasteiger partial charge in [0.2, 0.25) is 0 Å². The summed E-state index contributed by atoms with van der Waals surface area (Å²) in [6.45, 7) is 0. The Morgan fingerprint density at radius 3 is 2.27 bits per heavy atom. The van der Waals surface area contributed by atoms with Gasteiger partial charge in [-0.05, 0) is 51.9 Å². The van der Waals surface area contributed by atoms with E-state index >= 15 is 0 Å². The molecular weight excluding hydrogens is 435 g/mol. The van der Waals surface area contributed by atoms with Gasteiger partial charge < -0.3 is 0 Å². The number of rotatable bonds is 2. The van der Waals surface area contributed by atoms with Crippen molar-refractivity contribution in [1.82, 2.24) is 10.2 Å². The zero-order valence-electron chi connectivity index (χ0n) is 11.4. The van der Waals surface area contributed by atoms with E-state index in [4.69, 9.17) is 11.6 Å². The number of fused-ring (bicyclic) bond motifs is 1. The second-order valence-electron chi connectivity index (χ2n) is 4.83. The Kier molecular flexibility index (Phi) is 4.09. The van der Waals surface area contributed by atoms with E-state index in [0.717, 1.165) is 16.5 Å². The van der Waals surface area contributed by atoms with Crippen molar-refractivity contribution < 1.29 is 8.42 Å². The molecule has 112 valence electrons. The van der Waals surface area contributed by atoms with Gasteiger partial charge in [0.05, 0.1) is 15.4 Å². The predicted octanol–water partition coefficient (Wildman–Crippen LogP) is 3.96. The zero-order valence-corrected chi connectivity index (χ0v) is 15.1. The fourth-order valence-electron chi connectivity index (χ4n) is 2.13. The smallest absolute Gasteiger partial charge is 0.175 e. The first-order chi connectivity index (χ1) is 10.4. The Balaban J connectivity index is 2.09. The van der Waals surface area contributed by atoms with Gasteiger partial charge in [-0.1, -0.05) is 35.9 Å². The molecule has 0 aliphatic carbocycles. The number of hydrogen-bond acceptors (Lipinski definition) is 4. The fraction of sp³-hybridized carbons (Fsp3) is 0.0667. The number of hydrogen-bond donors (Lipinski definition) is 0. The van der Waals surface area contributed by atoms with Crippen LogP contribution in [0.4, 0.5) is 0 Å². The Hall–Kier alpha value is -1.25. The van der Waals surface area contributed by atoms with Crippen molar-refractivity contribution in [2.45, 2.75) is 4.90 Å². The quantitative estimate of drug-likeness (QED) is 0.562. The van der Waals surface area contributed by atoms with E-state index in [1.807, 2.05) is 40.8 Å². The Bertz CT molecular complexity index is 973. The molecule has 0 aliphatic rings. The van der Waals surface area contributed by atoms with Gasteiger partial charge >= 0.3 is 0 Å². The maximum absolute atomic E-state index is 11.5. The second kappa shape index (κ2) is 5.75. The highest BCUT2D eigenvalue weighted by atomic mass is 127. The lowest BCUT2D eigenvalue weighted by atomic mass is 10.0. The number of nitrogens with zero attached hydrogens (tertiary/aromatic N) is 2. The van der Waals surface area contributed by atoms with Crippen LogP contribution in [0.3, 0.4) is 0 Å². The summed E-state index contributed by atoms with van der Waals surface area (Å²) < 4.78 is 23.6. The minimum Gasteiger partial charge on any atom is -0.224 e. The summed E-state index contributed by atoms with van der Waals surface area (Å²) in [4.78, 5) is 0.300. The minimum atomic E-state index is -3.19. The Morgan fingerprint density at radius 2 is 1.64 bits per heavy atom. The standard InChI is InChI=1S/C15H10ClIN2O2S/c1-22(20,21)11-5-2-9(3-6-11)10-4-7-12-13(8-10)18-19-15(17)14(12)16/h2-8H,1H3. The van der Waals surface area contributed by atoms with E-state index in [1.54, 1.807) is 24.3 Å². The van der Waals surface area contributed by atoms with Crippen LogP contribution >= 0.6 is 34.2 Å². The molecule has 0 aliphatic heterocycles. The molecule has 3 aromatic rings. The second-order valence-corrected chi connectivity index (χ2v) is 8.25. The van der Waals surface area contributed by atoms with Gasteiger partial charge in [0, 0.05) is 11.6 Å². The van der Waals surface area contributed by atoms with Crippen LogP contribution in [0, 0.1) is 3.70 Å². The average molecular weight is 445 g/mol. The van der Waals surface area contributed by atoms with Gasteiger partial charge in [0.25, 0.3) is 0 Å². The molecular formula is C15H10ClIN2O2S. The summed E-state index contributed by atoms with van der Waals surface area (Å²) in [5, 5.41) is 9.59. The molecule has 0 saturated heterocycles. The minimum absolute atomic E-state index is 0.300. The molecule has 1 aromatic heterocycles. The molecule has 4 nitrogen and oxygen atoms in total. The molecule has 7 heteroatoms. The zero-order chi connectivity index (χ0) is 15.9. The van der Waals surface area contributed by atoms with Crippen molar-refractivity contribution in [2.24, 2.45) is 0 Å². The molecule has 0 amide bonds. The lowest BCUT2D eigenvalue weighted by Gasteiger charge is -2.06. The number of benzene rings is 2. The topological polar surface area (TPSA) is 59.9 Å². The third-order valence-corrected chi connectivity index (χ3v) is 5.86. The van der Waals surface area contributed by atoms with Gasteiger partial charge in [-0.2, -0.15) is 0 Å². The normalized spacial score (nSPS) is 11.8. The molecule has 1 heterocycles. The predicted molar refractivity (Wildman–Crippen MR) is 95.8 cm³/mol. The molecule has 0 spiro atoms. The van der Waals surface area contributed by atoms with Crippen molar-refractivity contribution in [1.29, 1.82) is 0 Å². The third-order valence-electron chi connectivity index (χ3n) is 3.28. The van der Waals surface area contributed by atoms with Crippen LogP contribution in [0.1, 0.15) is 0 Å². The highest BCUT2D eigenvalue weighted by Crippen LogP contribution is 2.29. The Morgan fingerprint density at radius 1 is 1.00 bits per heavy atom. The van der Waals surface area contributed by atoms with Crippen LogP contribution in [0.2, 0.25) is 5.02 Å². The first-order valence-corrected chi connectivity index (χ1v) is 9.63. The van der Waals surface area contributed by atoms with E-state index in [2.05, 4.69) is 10.2 Å². The highest BCUT2D eigenvalue weighted by molar-refractivity contribution is 14.1. The van der Waals surface area contributed by atoms with E-state index in [9.17, 15) is 8.42 Å². The van der Waals surface area contributed by atoms with Crippen LogP contribution in [0.25, 0.3) is 22.0 Å². The molecule has 22 heavy (non-hydrogen) atoms. The maximum atomic E-state index is 11.5. The highest BCUT2D eigenvalue weighted by Gasteiger charge is 2.09. The summed E-state index contributed by atoms with van der Waals surface area (Å²) in [5.41, 5.74) is 2.54. The average Bonchev–Trinajstić information content (AvgIpc) is 2.50. The van der Waals surface area contributed by atoms with Crippen molar-refractivity contribution in [2.75, 3.05) is 6.26 Å². The van der Waals surface area contributed by atoms with Crippen molar-refractivity contribution in [3.05, 3.63) is 51.2 Å². The summed E-state index contributed by atoms with van der Waals surface area (Å²) in [7, 11) is -3.19. The van der Waals surface area contributed by atoms with Crippen LogP contribution in [-0.2, 0) is 9.84 Å². The van der Waals surface area contributed by atoms with Gasteiger partial charge in [-0.3, -0.25) is 0 Å². The van der Waals surface area contributed by atoms with E-state index in [1.165, 1.54) is 6.26 Å². The molecule has 0 N–H and O–H groups in total. The van der Waals surface area contributed by atoms with Gasteiger partial charge in [0.1, 0.15) is 3.70 Å². The molecule has 0 unspecified atom stereocenters. The van der Waals surface area contributed by atoms with Crippen LogP contribution in [0.15, 0.2) is 47.4 Å². The fourth-order valence-corrected chi connectivity index (χ4v) is 3.35. The first kappa shape index (κ1) is 15.6. The SMILES string of the molecule is CS(=O)(=O)c1ccc(-c2ccc3c(Cl)c(I)nnc3c2)cc1. The summed E-state index contributed by atoms with van der Waals surface area (Å²) in [6, 6.07) is 12.5. The van der Waals surface area contributed by atoms with E-state index in [0.29, 0.717) is 19.1 Å². The van der Waals surface area contributed by atoms with E-state index in [-0.39, 0.29) is 0 Å². The lowest BCUT2D eigenvalue weighted by molar-refractivity contribution is 0.602. The van der Waals surface area contributed by atoms with Crippen LogP contribution < -0.4 is 0 Å². The lowest BCUT2D eigenvalue weighted by Crippen LogP contribution is -1.96. The number of sulfone groups is 1. The van der Waals surface area contributed by atoms with Crippen molar-refractivity contribution in [3.8, 4) is 11.1 Å². The maximum Gasteiger partial charge on any atom is 0.175 e. The molecule has 0 fully saturated rings. The van der Waals surface area contributed by atoms with Gasteiger partial charge in [-0.25, -0.2) is 8.42 Å². The molecule has 0 radical (unpaired) electrons. The Labute approximate surface area is 146 Å². The first-order valence-electron chi connectivity index (χ1n) is 6.28. The van der Waals surface area contributed by atoms with Crippen molar-refractivity contribution >= 4 is 54.9 Å². The largest absolute Gasteiger partial charge is 0.224 e. The summed E-state index contributed by atoms with van der Waals surface area (Å²) in [5.74, 6) is 0. The van der Waals surface area contributed by atoms with Gasteiger partial charge in [-0.15, -0.1) is 10.2 Å². The molecule has 0 saturated carbocycles. The van der Waals surface area contributed by atoms with Crippen molar-refractivity contribution in [3.63, 3.8) is 0 Å². The van der Waals surface area contributed by atoms with Crippen LogP contribution in [-0.4, -0.2) is 24.9 Å². The summed E-state index contributed by atoms with van der Waals surface area (Å²) >= 11 is 8.26. The molecule has 3 rings (SSSR count). The number of halogens is 2. The number of aromatic nitrogens is 2. The third kappa shape index (κ3) is 2.95. The monoisotopic (exact) mass is 444 g/mol. The van der Waals surface area contributed by atoms with Crippen LogP contribution in [0.5, 0.6) is 0 Å². The summed E-state index contributed by atoms with van der Waals surface area (Å²) in [6.07, 6.45) is 1.19. The van der Waals surface area contributed by atoms with E-state index < -0.39 is 9.84 Å². The molecule has 0 bridgehead atoms. The molecule has 2 aromatic carbocycles. The molecule has 0 atom stereocenters. The van der Waals surface area contributed by atoms with Gasteiger partial charge in [0.15, 0.2) is 9.84 Å².